The Kier molecular flexibility index (Phi) is 4.51. The third-order valence-electron chi connectivity index (χ3n) is 3.96. The lowest BCUT2D eigenvalue weighted by Gasteiger charge is -2.06. The summed E-state index contributed by atoms with van der Waals surface area (Å²) in [5.41, 5.74) is 4.63. The second kappa shape index (κ2) is 6.74. The Morgan fingerprint density at radius 1 is 1.25 bits per heavy atom. The van der Waals surface area contributed by atoms with Crippen LogP contribution < -0.4 is 4.74 Å². The van der Waals surface area contributed by atoms with Crippen LogP contribution >= 0.6 is 0 Å². The fourth-order valence-electron chi connectivity index (χ4n) is 2.82. The third-order valence-corrected chi connectivity index (χ3v) is 3.96. The molecule has 3 rings (SSSR count). The lowest BCUT2D eigenvalue weighted by Crippen LogP contribution is -2.01. The lowest BCUT2D eigenvalue weighted by atomic mass is 10.1. The number of fused-ring (bicyclic) bond motifs is 1. The van der Waals surface area contributed by atoms with Crippen LogP contribution in [0.15, 0.2) is 42.6 Å². The Morgan fingerprint density at radius 3 is 2.67 bits per heavy atom. The highest BCUT2D eigenvalue weighted by Crippen LogP contribution is 2.28. The molecule has 124 valence electrons. The molecule has 5 heteroatoms. The van der Waals surface area contributed by atoms with Gasteiger partial charge in [0.2, 0.25) is 0 Å². The molecule has 2 aromatic heterocycles. The van der Waals surface area contributed by atoms with Gasteiger partial charge in [0.15, 0.2) is 0 Å². The minimum absolute atomic E-state index is 0.0752. The van der Waals surface area contributed by atoms with Gasteiger partial charge in [-0.15, -0.1) is 0 Å². The number of carboxylic acids is 1. The SMILES string of the molecule is CCOc1ccc(-c2nc3c(C)cccn3c2CCC(=O)O)cc1. The van der Waals surface area contributed by atoms with Crippen LogP contribution in [0.4, 0.5) is 0 Å². The maximum atomic E-state index is 11.0. The number of aliphatic carboxylic acids is 1. The standard InChI is InChI=1S/C19H20N2O3/c1-3-24-15-8-6-14(7-9-15)18-16(10-11-17(22)23)21-12-4-5-13(2)19(21)20-18/h4-9,12H,3,10-11H2,1-2H3,(H,22,23). The molecule has 0 spiro atoms. The Morgan fingerprint density at radius 2 is 2.00 bits per heavy atom. The highest BCUT2D eigenvalue weighted by atomic mass is 16.5. The van der Waals surface area contributed by atoms with Gasteiger partial charge in [0.25, 0.3) is 0 Å². The van der Waals surface area contributed by atoms with E-state index in [0.717, 1.165) is 33.9 Å². The number of pyridine rings is 1. The molecule has 0 aliphatic heterocycles. The van der Waals surface area contributed by atoms with E-state index < -0.39 is 5.97 Å². The summed E-state index contributed by atoms with van der Waals surface area (Å²) in [4.78, 5) is 15.8. The zero-order chi connectivity index (χ0) is 17.1. The van der Waals surface area contributed by atoms with E-state index in [4.69, 9.17) is 14.8 Å². The van der Waals surface area contributed by atoms with Crippen LogP contribution in [0.2, 0.25) is 0 Å². The topological polar surface area (TPSA) is 63.8 Å². The number of imidazole rings is 1. The van der Waals surface area contributed by atoms with Crippen molar-refractivity contribution in [2.45, 2.75) is 26.7 Å². The van der Waals surface area contributed by atoms with Crippen molar-refractivity contribution in [2.24, 2.45) is 0 Å². The van der Waals surface area contributed by atoms with Gasteiger partial charge in [0.1, 0.15) is 11.4 Å². The summed E-state index contributed by atoms with van der Waals surface area (Å²) in [7, 11) is 0. The summed E-state index contributed by atoms with van der Waals surface area (Å²) in [6, 6.07) is 11.7. The van der Waals surface area contributed by atoms with Gasteiger partial charge in [-0.25, -0.2) is 4.98 Å². The molecule has 0 aliphatic carbocycles. The van der Waals surface area contributed by atoms with Gasteiger partial charge in [-0.1, -0.05) is 6.07 Å². The van der Waals surface area contributed by atoms with E-state index in [1.165, 1.54) is 0 Å². The number of rotatable bonds is 6. The summed E-state index contributed by atoms with van der Waals surface area (Å²) in [6.45, 7) is 4.57. The number of carbonyl (C=O) groups is 1. The molecule has 0 saturated heterocycles. The molecular formula is C19H20N2O3. The second-order valence-electron chi connectivity index (χ2n) is 5.64. The number of hydrogen-bond donors (Lipinski definition) is 1. The monoisotopic (exact) mass is 324 g/mol. The van der Waals surface area contributed by atoms with Crippen LogP contribution in [-0.2, 0) is 11.2 Å². The summed E-state index contributed by atoms with van der Waals surface area (Å²) in [5.74, 6) is 0.00327. The normalized spacial score (nSPS) is 10.9. The zero-order valence-corrected chi connectivity index (χ0v) is 13.8. The van der Waals surface area contributed by atoms with Crippen LogP contribution in [0.3, 0.4) is 0 Å². The zero-order valence-electron chi connectivity index (χ0n) is 13.8. The molecule has 0 bridgehead atoms. The first-order valence-corrected chi connectivity index (χ1v) is 8.01. The van der Waals surface area contributed by atoms with Gasteiger partial charge in [-0.2, -0.15) is 0 Å². The van der Waals surface area contributed by atoms with Gasteiger partial charge in [-0.05, 0) is 49.7 Å². The number of carboxylic acid groups (broad SMARTS) is 1. The average molecular weight is 324 g/mol. The molecule has 0 atom stereocenters. The number of hydrogen-bond acceptors (Lipinski definition) is 3. The smallest absolute Gasteiger partial charge is 0.303 e. The number of benzene rings is 1. The predicted molar refractivity (Wildman–Crippen MR) is 92.5 cm³/mol. The Bertz CT molecular complexity index is 866. The van der Waals surface area contributed by atoms with Crippen molar-refractivity contribution in [2.75, 3.05) is 6.61 Å². The fourth-order valence-corrected chi connectivity index (χ4v) is 2.82. The number of aromatic nitrogens is 2. The van der Waals surface area contributed by atoms with E-state index in [0.29, 0.717) is 13.0 Å². The summed E-state index contributed by atoms with van der Waals surface area (Å²) < 4.78 is 7.47. The molecule has 1 aromatic carbocycles. The maximum absolute atomic E-state index is 11.0. The van der Waals surface area contributed by atoms with Crippen molar-refractivity contribution < 1.29 is 14.6 Å². The van der Waals surface area contributed by atoms with Crippen LogP contribution in [0.25, 0.3) is 16.9 Å². The molecule has 1 N–H and O–H groups in total. The molecule has 0 radical (unpaired) electrons. The quantitative estimate of drug-likeness (QED) is 0.750. The Labute approximate surface area is 140 Å². The van der Waals surface area contributed by atoms with Gasteiger partial charge >= 0.3 is 5.97 Å². The van der Waals surface area contributed by atoms with Gasteiger partial charge < -0.3 is 14.2 Å². The largest absolute Gasteiger partial charge is 0.494 e. The van der Waals surface area contributed by atoms with E-state index in [-0.39, 0.29) is 6.42 Å². The van der Waals surface area contributed by atoms with Crippen molar-refractivity contribution in [3.05, 3.63) is 53.9 Å². The lowest BCUT2D eigenvalue weighted by molar-refractivity contribution is -0.136. The van der Waals surface area contributed by atoms with Crippen LogP contribution in [-0.4, -0.2) is 27.1 Å². The van der Waals surface area contributed by atoms with E-state index in [2.05, 4.69) is 0 Å². The van der Waals surface area contributed by atoms with Crippen LogP contribution in [0.5, 0.6) is 5.75 Å². The molecule has 0 saturated carbocycles. The first kappa shape index (κ1) is 16.1. The van der Waals surface area contributed by atoms with E-state index >= 15 is 0 Å². The minimum atomic E-state index is -0.810. The average Bonchev–Trinajstić information content (AvgIpc) is 2.94. The molecular weight excluding hydrogens is 304 g/mol. The van der Waals surface area contributed by atoms with Crippen molar-refractivity contribution in [1.29, 1.82) is 0 Å². The highest BCUT2D eigenvalue weighted by molar-refractivity contribution is 5.71. The van der Waals surface area contributed by atoms with Crippen molar-refractivity contribution >= 4 is 11.6 Å². The van der Waals surface area contributed by atoms with Gasteiger partial charge in [0.05, 0.1) is 24.4 Å². The summed E-state index contributed by atoms with van der Waals surface area (Å²) in [6.07, 6.45) is 2.44. The molecule has 0 unspecified atom stereocenters. The maximum Gasteiger partial charge on any atom is 0.303 e. The number of aryl methyl sites for hydroxylation is 2. The summed E-state index contributed by atoms with van der Waals surface area (Å²) in [5, 5.41) is 9.05. The molecule has 3 aromatic rings. The first-order valence-electron chi connectivity index (χ1n) is 8.01. The minimum Gasteiger partial charge on any atom is -0.494 e. The molecule has 24 heavy (non-hydrogen) atoms. The molecule has 0 amide bonds. The molecule has 0 aliphatic rings. The third kappa shape index (κ3) is 3.11. The highest BCUT2D eigenvalue weighted by Gasteiger charge is 2.16. The van der Waals surface area contributed by atoms with E-state index in [1.54, 1.807) is 0 Å². The fraction of sp³-hybridized carbons (Fsp3) is 0.263. The van der Waals surface area contributed by atoms with Crippen LogP contribution in [0.1, 0.15) is 24.6 Å². The predicted octanol–water partition coefficient (Wildman–Crippen LogP) is 3.73. The summed E-state index contributed by atoms with van der Waals surface area (Å²) >= 11 is 0. The van der Waals surface area contributed by atoms with Gasteiger partial charge in [0, 0.05) is 18.2 Å². The second-order valence-corrected chi connectivity index (χ2v) is 5.64. The van der Waals surface area contributed by atoms with Crippen LogP contribution in [0, 0.1) is 6.92 Å². The van der Waals surface area contributed by atoms with Crippen molar-refractivity contribution in [1.82, 2.24) is 9.38 Å². The number of ether oxygens (including phenoxy) is 1. The Balaban J connectivity index is 2.09. The van der Waals surface area contributed by atoms with Gasteiger partial charge in [-0.3, -0.25) is 4.79 Å². The first-order chi connectivity index (χ1) is 11.6. The molecule has 5 nitrogen and oxygen atoms in total. The van der Waals surface area contributed by atoms with Crippen molar-refractivity contribution in [3.63, 3.8) is 0 Å². The van der Waals surface area contributed by atoms with E-state index in [9.17, 15) is 4.79 Å². The Hall–Kier alpha value is -2.82. The van der Waals surface area contributed by atoms with Crippen molar-refractivity contribution in [3.8, 4) is 17.0 Å². The molecule has 0 fully saturated rings. The van der Waals surface area contributed by atoms with E-state index in [1.807, 2.05) is 60.8 Å². The number of nitrogens with zero attached hydrogens (tertiary/aromatic N) is 2. The molecule has 2 heterocycles.